The molecule has 0 radical (unpaired) electrons. The molecule has 0 amide bonds. The molecule has 0 unspecified atom stereocenters. The van der Waals surface area contributed by atoms with E-state index < -0.39 is 0 Å². The molecule has 0 saturated heterocycles. The molecular formula is C20H18Cl2FN3O. The number of aromatic nitrogens is 2. The van der Waals surface area contributed by atoms with Crippen molar-refractivity contribution in [2.75, 3.05) is 6.61 Å². The normalized spacial score (nSPS) is 10.3. The minimum atomic E-state index is -0.246. The monoisotopic (exact) mass is 405 g/mol. The third-order valence-electron chi connectivity index (χ3n) is 4.19. The van der Waals surface area contributed by atoms with Crippen LogP contribution in [0, 0.1) is 11.2 Å². The first kappa shape index (κ1) is 20.7. The molecule has 0 aliphatic heterocycles. The summed E-state index contributed by atoms with van der Waals surface area (Å²) in [5.41, 5.74) is 3.33. The lowest BCUT2D eigenvalue weighted by atomic mass is 10.0. The van der Waals surface area contributed by atoms with Crippen LogP contribution in [-0.4, -0.2) is 22.7 Å². The van der Waals surface area contributed by atoms with Crippen molar-refractivity contribution in [3.63, 3.8) is 0 Å². The summed E-state index contributed by atoms with van der Waals surface area (Å²) in [6, 6.07) is 16.2. The summed E-state index contributed by atoms with van der Waals surface area (Å²) in [4.78, 5) is 0. The van der Waals surface area contributed by atoms with Crippen LogP contribution in [0.3, 0.4) is 0 Å². The van der Waals surface area contributed by atoms with Crippen molar-refractivity contribution in [3.05, 3.63) is 66.0 Å². The lowest BCUT2D eigenvalue weighted by molar-refractivity contribution is 0.325. The fourth-order valence-electron chi connectivity index (χ4n) is 2.97. The third kappa shape index (κ3) is 3.89. The van der Waals surface area contributed by atoms with Crippen LogP contribution in [0.25, 0.3) is 32.9 Å². The highest BCUT2D eigenvalue weighted by Gasteiger charge is 2.12. The molecule has 0 aliphatic rings. The largest absolute Gasteiger partial charge is 0.478 e. The second-order valence-electron chi connectivity index (χ2n) is 5.80. The van der Waals surface area contributed by atoms with Crippen LogP contribution >= 0.6 is 24.8 Å². The number of nitrogens with zero attached hydrogens (tertiary/aromatic N) is 1. The van der Waals surface area contributed by atoms with E-state index in [2.05, 4.69) is 10.2 Å². The van der Waals surface area contributed by atoms with Gasteiger partial charge in [0.05, 0.1) is 17.8 Å². The molecule has 4 aromatic rings. The molecule has 0 atom stereocenters. The Kier molecular flexibility index (Phi) is 6.41. The standard InChI is InChI=1S/C20H16FN3O.2ClH/c1-2-25-20(22)15-6-8-18-17(11-15)19(24-23-18)14-4-3-13-10-16(21)7-5-12(13)9-14;;/h3-11,22H,2H2,1H3,(H,23,24);2*1H. The van der Waals surface area contributed by atoms with Gasteiger partial charge in [0.25, 0.3) is 0 Å². The van der Waals surface area contributed by atoms with Crippen molar-refractivity contribution in [1.82, 2.24) is 10.2 Å². The van der Waals surface area contributed by atoms with Crippen molar-refractivity contribution in [1.29, 1.82) is 5.41 Å². The molecule has 1 heterocycles. The topological polar surface area (TPSA) is 61.8 Å². The van der Waals surface area contributed by atoms with Crippen molar-refractivity contribution in [2.45, 2.75) is 6.92 Å². The van der Waals surface area contributed by atoms with Crippen LogP contribution in [0.15, 0.2) is 54.6 Å². The summed E-state index contributed by atoms with van der Waals surface area (Å²) in [5, 5.41) is 18.1. The maximum absolute atomic E-state index is 13.4. The molecule has 0 aliphatic carbocycles. The number of hydrogen-bond acceptors (Lipinski definition) is 3. The number of benzene rings is 3. The summed E-state index contributed by atoms with van der Waals surface area (Å²) in [6.45, 7) is 2.31. The number of halogens is 3. The fraction of sp³-hybridized carbons (Fsp3) is 0.100. The Morgan fingerprint density at radius 3 is 2.56 bits per heavy atom. The second-order valence-corrected chi connectivity index (χ2v) is 5.80. The average molecular weight is 406 g/mol. The highest BCUT2D eigenvalue weighted by Crippen LogP contribution is 2.30. The summed E-state index contributed by atoms with van der Waals surface area (Å²) < 4.78 is 18.6. The van der Waals surface area contributed by atoms with E-state index in [-0.39, 0.29) is 36.5 Å². The molecule has 3 aromatic carbocycles. The van der Waals surface area contributed by atoms with Gasteiger partial charge < -0.3 is 4.74 Å². The Morgan fingerprint density at radius 1 is 1.04 bits per heavy atom. The molecule has 0 fully saturated rings. The minimum absolute atomic E-state index is 0. The number of rotatable bonds is 3. The van der Waals surface area contributed by atoms with Gasteiger partial charge in [-0.15, -0.1) is 24.8 Å². The summed E-state index contributed by atoms with van der Waals surface area (Å²) in [6.07, 6.45) is 0. The molecule has 2 N–H and O–H groups in total. The Hall–Kier alpha value is -2.63. The minimum Gasteiger partial charge on any atom is -0.478 e. The van der Waals surface area contributed by atoms with Crippen molar-refractivity contribution in [2.24, 2.45) is 0 Å². The number of ether oxygens (including phenoxy) is 1. The van der Waals surface area contributed by atoms with Gasteiger partial charge in [-0.3, -0.25) is 10.5 Å². The first-order chi connectivity index (χ1) is 12.2. The van der Waals surface area contributed by atoms with E-state index in [1.165, 1.54) is 12.1 Å². The van der Waals surface area contributed by atoms with Gasteiger partial charge in [0.15, 0.2) is 0 Å². The van der Waals surface area contributed by atoms with Crippen LogP contribution in [0.4, 0.5) is 4.39 Å². The molecule has 0 spiro atoms. The molecule has 0 bridgehead atoms. The highest BCUT2D eigenvalue weighted by atomic mass is 35.5. The van der Waals surface area contributed by atoms with Crippen molar-refractivity contribution in [3.8, 4) is 11.3 Å². The highest BCUT2D eigenvalue weighted by molar-refractivity contribution is 6.01. The SMILES string of the molecule is CCOC(=N)c1ccc2[nH]nc(-c3ccc4cc(F)ccc4c3)c2c1.Cl.Cl. The zero-order chi connectivity index (χ0) is 17.4. The fourth-order valence-corrected chi connectivity index (χ4v) is 2.97. The van der Waals surface area contributed by atoms with Gasteiger partial charge in [0.1, 0.15) is 5.82 Å². The molecule has 27 heavy (non-hydrogen) atoms. The van der Waals surface area contributed by atoms with Gasteiger partial charge in [-0.2, -0.15) is 5.10 Å². The van der Waals surface area contributed by atoms with E-state index in [4.69, 9.17) is 10.1 Å². The predicted octanol–water partition coefficient (Wildman–Crippen LogP) is 5.73. The first-order valence-corrected chi connectivity index (χ1v) is 8.05. The van der Waals surface area contributed by atoms with E-state index in [1.807, 2.05) is 43.3 Å². The Labute approximate surface area is 168 Å². The Morgan fingerprint density at radius 2 is 1.78 bits per heavy atom. The van der Waals surface area contributed by atoms with Gasteiger partial charge >= 0.3 is 0 Å². The molecule has 7 heteroatoms. The molecule has 1 aromatic heterocycles. The van der Waals surface area contributed by atoms with Crippen LogP contribution < -0.4 is 0 Å². The van der Waals surface area contributed by atoms with Gasteiger partial charge in [0, 0.05) is 16.5 Å². The summed E-state index contributed by atoms with van der Waals surface area (Å²) >= 11 is 0. The molecule has 0 saturated carbocycles. The zero-order valence-corrected chi connectivity index (χ0v) is 16.1. The van der Waals surface area contributed by atoms with Gasteiger partial charge in [0.2, 0.25) is 5.90 Å². The number of fused-ring (bicyclic) bond motifs is 2. The van der Waals surface area contributed by atoms with Crippen LogP contribution in [-0.2, 0) is 4.74 Å². The molecular weight excluding hydrogens is 388 g/mol. The number of nitrogens with one attached hydrogen (secondary N) is 2. The Balaban J connectivity index is 0.00000131. The predicted molar refractivity (Wildman–Crippen MR) is 112 cm³/mol. The van der Waals surface area contributed by atoms with Crippen LogP contribution in [0.2, 0.25) is 0 Å². The smallest absolute Gasteiger partial charge is 0.213 e. The van der Waals surface area contributed by atoms with E-state index >= 15 is 0 Å². The van der Waals surface area contributed by atoms with Crippen molar-refractivity contribution >= 4 is 52.4 Å². The number of aromatic amines is 1. The average Bonchev–Trinajstić information content (AvgIpc) is 3.04. The lowest BCUT2D eigenvalue weighted by Gasteiger charge is -2.06. The van der Waals surface area contributed by atoms with Gasteiger partial charge in [-0.25, -0.2) is 4.39 Å². The number of H-pyrrole nitrogens is 1. The van der Waals surface area contributed by atoms with Gasteiger partial charge in [-0.05, 0) is 54.1 Å². The lowest BCUT2D eigenvalue weighted by Crippen LogP contribution is -2.04. The second kappa shape index (κ2) is 8.37. The van der Waals surface area contributed by atoms with Crippen LogP contribution in [0.1, 0.15) is 12.5 Å². The van der Waals surface area contributed by atoms with E-state index in [1.54, 1.807) is 6.07 Å². The maximum Gasteiger partial charge on any atom is 0.213 e. The maximum atomic E-state index is 13.4. The van der Waals surface area contributed by atoms with Gasteiger partial charge in [-0.1, -0.05) is 18.2 Å². The molecule has 4 nitrogen and oxygen atoms in total. The van der Waals surface area contributed by atoms with Crippen molar-refractivity contribution < 1.29 is 9.13 Å². The number of hydrogen-bond donors (Lipinski definition) is 2. The molecule has 140 valence electrons. The quantitative estimate of drug-likeness (QED) is 0.337. The van der Waals surface area contributed by atoms with Crippen LogP contribution in [0.5, 0.6) is 0 Å². The van der Waals surface area contributed by atoms with E-state index in [9.17, 15) is 4.39 Å². The van der Waals surface area contributed by atoms with E-state index in [0.29, 0.717) is 12.2 Å². The van der Waals surface area contributed by atoms with E-state index in [0.717, 1.165) is 32.9 Å². The summed E-state index contributed by atoms with van der Waals surface area (Å²) in [5.74, 6) is -0.102. The third-order valence-corrected chi connectivity index (χ3v) is 4.19. The summed E-state index contributed by atoms with van der Waals surface area (Å²) in [7, 11) is 0. The zero-order valence-electron chi connectivity index (χ0n) is 14.5. The molecule has 4 rings (SSSR count). The Bertz CT molecular complexity index is 1110. The first-order valence-electron chi connectivity index (χ1n) is 8.05.